The van der Waals surface area contributed by atoms with Gasteiger partial charge in [-0.1, -0.05) is 18.2 Å². The summed E-state index contributed by atoms with van der Waals surface area (Å²) in [6.07, 6.45) is 0.935. The van der Waals surface area contributed by atoms with Crippen LogP contribution in [0.1, 0.15) is 12.8 Å². The quantitative estimate of drug-likeness (QED) is 0.849. The van der Waals surface area contributed by atoms with Crippen LogP contribution in [0.4, 0.5) is 17.1 Å². The minimum absolute atomic E-state index is 0.0816. The Hall–Kier alpha value is -3.02. The lowest BCUT2D eigenvalue weighted by molar-refractivity contribution is -0.122. The number of rotatable bonds is 4. The van der Waals surface area contributed by atoms with Crippen LogP contribution in [0.2, 0.25) is 0 Å². The minimum atomic E-state index is -0.444. The molecule has 6 heteroatoms. The Kier molecular flexibility index (Phi) is 4.42. The van der Waals surface area contributed by atoms with Crippen LogP contribution < -0.4 is 10.6 Å². The molecular weight excluding hydrogens is 292 g/mol. The predicted octanol–water partition coefficient (Wildman–Crippen LogP) is 3.32. The third-order valence-electron chi connectivity index (χ3n) is 3.48. The van der Waals surface area contributed by atoms with E-state index in [4.69, 9.17) is 0 Å². The van der Waals surface area contributed by atoms with Gasteiger partial charge in [-0.2, -0.15) is 10.2 Å². The van der Waals surface area contributed by atoms with Crippen molar-refractivity contribution in [2.75, 3.05) is 5.32 Å². The van der Waals surface area contributed by atoms with Crippen molar-refractivity contribution >= 4 is 28.9 Å². The van der Waals surface area contributed by atoms with E-state index in [0.717, 1.165) is 5.69 Å². The van der Waals surface area contributed by atoms with Crippen LogP contribution in [0, 0.1) is 0 Å². The Bertz CT molecular complexity index is 726. The molecule has 2 aromatic rings. The largest absolute Gasteiger partial charge is 0.344 e. The van der Waals surface area contributed by atoms with Crippen molar-refractivity contribution < 1.29 is 9.59 Å². The first-order valence-electron chi connectivity index (χ1n) is 7.38. The second-order valence-corrected chi connectivity index (χ2v) is 5.23. The monoisotopic (exact) mass is 308 g/mol. The molecular formula is C17H16N4O2. The lowest BCUT2D eigenvalue weighted by Gasteiger charge is -2.10. The number of azo groups is 1. The molecule has 2 N–H and O–H groups in total. The molecule has 2 amide bonds. The number of hydrogen-bond donors (Lipinski definition) is 2. The normalized spacial score (nSPS) is 17.2. The third kappa shape index (κ3) is 4.00. The smallest absolute Gasteiger partial charge is 0.246 e. The average Bonchev–Trinajstić information content (AvgIpc) is 3.02. The summed E-state index contributed by atoms with van der Waals surface area (Å²) in [4.78, 5) is 23.1. The fraction of sp³-hybridized carbons (Fsp3) is 0.176. The lowest BCUT2D eigenvalue weighted by atomic mass is 10.2. The van der Waals surface area contributed by atoms with Crippen LogP contribution in [0.15, 0.2) is 64.8 Å². The molecule has 1 aliphatic rings. The molecule has 0 bridgehead atoms. The van der Waals surface area contributed by atoms with Crippen LogP contribution >= 0.6 is 0 Å². The van der Waals surface area contributed by atoms with Crippen LogP contribution in [-0.2, 0) is 9.59 Å². The zero-order valence-electron chi connectivity index (χ0n) is 12.4. The van der Waals surface area contributed by atoms with E-state index in [1.165, 1.54) is 0 Å². The Labute approximate surface area is 133 Å². The number of anilines is 1. The summed E-state index contributed by atoms with van der Waals surface area (Å²) < 4.78 is 0. The highest BCUT2D eigenvalue weighted by Gasteiger charge is 2.26. The van der Waals surface area contributed by atoms with Crippen LogP contribution in [0.5, 0.6) is 0 Å². The van der Waals surface area contributed by atoms with Crippen molar-refractivity contribution in [3.63, 3.8) is 0 Å². The Morgan fingerprint density at radius 3 is 2.26 bits per heavy atom. The van der Waals surface area contributed by atoms with Crippen molar-refractivity contribution in [3.8, 4) is 0 Å². The number of carbonyl (C=O) groups is 2. The maximum absolute atomic E-state index is 12.0. The summed E-state index contributed by atoms with van der Waals surface area (Å²) in [7, 11) is 0. The molecule has 0 radical (unpaired) electrons. The molecule has 1 heterocycles. The minimum Gasteiger partial charge on any atom is -0.344 e. The predicted molar refractivity (Wildman–Crippen MR) is 86.9 cm³/mol. The van der Waals surface area contributed by atoms with Gasteiger partial charge < -0.3 is 10.6 Å². The van der Waals surface area contributed by atoms with Crippen LogP contribution in [-0.4, -0.2) is 17.9 Å². The zero-order chi connectivity index (χ0) is 16.1. The molecule has 6 nitrogen and oxygen atoms in total. The molecule has 1 unspecified atom stereocenters. The molecule has 3 rings (SSSR count). The summed E-state index contributed by atoms with van der Waals surface area (Å²) in [5, 5.41) is 13.7. The van der Waals surface area contributed by atoms with E-state index in [2.05, 4.69) is 20.9 Å². The molecule has 0 aromatic heterocycles. The number of nitrogens with one attached hydrogen (secondary N) is 2. The van der Waals surface area contributed by atoms with Gasteiger partial charge in [0.15, 0.2) is 0 Å². The van der Waals surface area contributed by atoms with Gasteiger partial charge in [-0.05, 0) is 42.8 Å². The van der Waals surface area contributed by atoms with Crippen molar-refractivity contribution in [1.82, 2.24) is 5.32 Å². The standard InChI is InChI=1S/C17H16N4O2/c22-16-11-10-15(19-16)17(23)18-12-6-8-14(9-7-12)21-20-13-4-2-1-3-5-13/h1-9,15H,10-11H2,(H,18,23)(H,19,22). The molecule has 1 fully saturated rings. The Balaban J connectivity index is 1.60. The highest BCUT2D eigenvalue weighted by molar-refractivity contribution is 5.99. The highest BCUT2D eigenvalue weighted by atomic mass is 16.2. The second-order valence-electron chi connectivity index (χ2n) is 5.23. The van der Waals surface area contributed by atoms with Crippen molar-refractivity contribution in [2.24, 2.45) is 10.2 Å². The zero-order valence-corrected chi connectivity index (χ0v) is 12.4. The summed E-state index contributed by atoms with van der Waals surface area (Å²) in [5.41, 5.74) is 2.14. The highest BCUT2D eigenvalue weighted by Crippen LogP contribution is 2.20. The van der Waals surface area contributed by atoms with Crippen molar-refractivity contribution in [3.05, 3.63) is 54.6 Å². The number of nitrogens with zero attached hydrogens (tertiary/aromatic N) is 2. The van der Waals surface area contributed by atoms with Gasteiger partial charge in [0.25, 0.3) is 0 Å². The van der Waals surface area contributed by atoms with Crippen molar-refractivity contribution in [2.45, 2.75) is 18.9 Å². The summed E-state index contributed by atoms with van der Waals surface area (Å²) in [5.74, 6) is -0.281. The molecule has 1 saturated heterocycles. The molecule has 1 atom stereocenters. The van der Waals surface area contributed by atoms with Gasteiger partial charge in [0.05, 0.1) is 11.4 Å². The number of benzene rings is 2. The molecule has 116 valence electrons. The number of hydrogen-bond acceptors (Lipinski definition) is 4. The number of carbonyl (C=O) groups excluding carboxylic acids is 2. The maximum atomic E-state index is 12.0. The maximum Gasteiger partial charge on any atom is 0.246 e. The Morgan fingerprint density at radius 2 is 1.65 bits per heavy atom. The second kappa shape index (κ2) is 6.83. The third-order valence-corrected chi connectivity index (χ3v) is 3.48. The first-order valence-corrected chi connectivity index (χ1v) is 7.38. The molecule has 1 aliphatic heterocycles. The van der Waals surface area contributed by atoms with Gasteiger partial charge >= 0.3 is 0 Å². The van der Waals surface area contributed by atoms with E-state index in [-0.39, 0.29) is 11.8 Å². The van der Waals surface area contributed by atoms with E-state index in [1.54, 1.807) is 24.3 Å². The summed E-state index contributed by atoms with van der Waals surface area (Å²) in [6, 6.07) is 16.1. The SMILES string of the molecule is O=C1CCC(C(=O)Nc2ccc(N=Nc3ccccc3)cc2)N1. The first-order chi connectivity index (χ1) is 11.2. The molecule has 0 spiro atoms. The van der Waals surface area contributed by atoms with E-state index in [9.17, 15) is 9.59 Å². The topological polar surface area (TPSA) is 82.9 Å². The first kappa shape index (κ1) is 14.9. The van der Waals surface area contributed by atoms with Gasteiger partial charge in [-0.25, -0.2) is 0 Å². The van der Waals surface area contributed by atoms with Gasteiger partial charge in [-0.15, -0.1) is 0 Å². The Morgan fingerprint density at radius 1 is 1.00 bits per heavy atom. The van der Waals surface area contributed by atoms with Gasteiger partial charge in [0.1, 0.15) is 6.04 Å². The molecule has 2 aromatic carbocycles. The molecule has 23 heavy (non-hydrogen) atoms. The van der Waals surface area contributed by atoms with E-state index in [1.807, 2.05) is 30.3 Å². The molecule has 0 aliphatic carbocycles. The van der Waals surface area contributed by atoms with Gasteiger partial charge in [-0.3, -0.25) is 9.59 Å². The van der Waals surface area contributed by atoms with Gasteiger partial charge in [0, 0.05) is 12.1 Å². The lowest BCUT2D eigenvalue weighted by Crippen LogP contribution is -2.37. The fourth-order valence-corrected chi connectivity index (χ4v) is 2.26. The fourth-order valence-electron chi connectivity index (χ4n) is 2.26. The van der Waals surface area contributed by atoms with Gasteiger partial charge in [0.2, 0.25) is 11.8 Å². The van der Waals surface area contributed by atoms with E-state index in [0.29, 0.717) is 24.2 Å². The summed E-state index contributed by atoms with van der Waals surface area (Å²) in [6.45, 7) is 0. The van der Waals surface area contributed by atoms with E-state index >= 15 is 0 Å². The van der Waals surface area contributed by atoms with E-state index < -0.39 is 6.04 Å². The molecule has 0 saturated carbocycles. The van der Waals surface area contributed by atoms with Crippen LogP contribution in [0.25, 0.3) is 0 Å². The van der Waals surface area contributed by atoms with Crippen LogP contribution in [0.3, 0.4) is 0 Å². The van der Waals surface area contributed by atoms with Crippen molar-refractivity contribution in [1.29, 1.82) is 0 Å². The number of amides is 2. The average molecular weight is 308 g/mol. The summed E-state index contributed by atoms with van der Waals surface area (Å²) >= 11 is 0.